The number of rotatable bonds is 11. The molecule has 1 heterocycles. The number of carbonyl (C=O) groups is 3. The second-order valence-corrected chi connectivity index (χ2v) is 13.7. The fourth-order valence-electron chi connectivity index (χ4n) is 8.05. The van der Waals surface area contributed by atoms with Crippen molar-refractivity contribution in [1.82, 2.24) is 0 Å². The second kappa shape index (κ2) is 12.4. The summed E-state index contributed by atoms with van der Waals surface area (Å²) in [5, 5.41) is 10.1. The van der Waals surface area contributed by atoms with E-state index in [1.807, 2.05) is 0 Å². The standard InChI is InChI=1S/C23H32O8.C10H16/c1-21(2,18(24)25)17(15-10-8-7-9-11-15)23(5,22(3,4)19(26)28-6)20(27)31-14-29-12-16-13-30-16;1-2-9-7-4-5-8(6-7)10(9)3-1/h7-11,16-17H,12-14H2,1-6H3,(H,24,25);7-10H,1-6H2. The molecule has 0 radical (unpaired) electrons. The Balaban J connectivity index is 0.000000316. The highest BCUT2D eigenvalue weighted by molar-refractivity contribution is 5.90. The summed E-state index contributed by atoms with van der Waals surface area (Å²) in [7, 11) is 1.23. The number of carbonyl (C=O) groups excluding carboxylic acids is 2. The van der Waals surface area contributed by atoms with Crippen molar-refractivity contribution >= 4 is 17.9 Å². The molecule has 0 spiro atoms. The highest BCUT2D eigenvalue weighted by atomic mass is 16.7. The van der Waals surface area contributed by atoms with Gasteiger partial charge in [0.1, 0.15) is 6.10 Å². The molecule has 1 aliphatic heterocycles. The van der Waals surface area contributed by atoms with Gasteiger partial charge in [-0.25, -0.2) is 0 Å². The molecule has 228 valence electrons. The van der Waals surface area contributed by atoms with Crippen LogP contribution in [0.25, 0.3) is 0 Å². The van der Waals surface area contributed by atoms with Crippen LogP contribution in [0.5, 0.6) is 0 Å². The van der Waals surface area contributed by atoms with E-state index in [9.17, 15) is 19.5 Å². The van der Waals surface area contributed by atoms with Crippen LogP contribution in [0, 0.1) is 39.9 Å². The number of benzene rings is 1. The highest BCUT2D eigenvalue weighted by Crippen LogP contribution is 2.59. The predicted molar refractivity (Wildman–Crippen MR) is 153 cm³/mol. The van der Waals surface area contributed by atoms with Gasteiger partial charge in [0.05, 0.1) is 36.6 Å². The molecule has 8 heteroatoms. The number of hydrogen-bond acceptors (Lipinski definition) is 7. The van der Waals surface area contributed by atoms with Crippen molar-refractivity contribution in [3.05, 3.63) is 35.9 Å². The molecule has 0 aromatic heterocycles. The molecule has 4 aliphatic rings. The minimum Gasteiger partial charge on any atom is -0.481 e. The number of carboxylic acid groups (broad SMARTS) is 1. The first-order chi connectivity index (χ1) is 19.4. The zero-order valence-electron chi connectivity index (χ0n) is 25.5. The normalized spacial score (nSPS) is 28.5. The molecule has 7 unspecified atom stereocenters. The van der Waals surface area contributed by atoms with Crippen LogP contribution in [0.3, 0.4) is 0 Å². The largest absolute Gasteiger partial charge is 0.481 e. The monoisotopic (exact) mass is 572 g/mol. The Labute approximate surface area is 244 Å². The maximum atomic E-state index is 13.5. The Morgan fingerprint density at radius 1 is 0.951 bits per heavy atom. The molecule has 5 rings (SSSR count). The molecule has 1 aromatic carbocycles. The van der Waals surface area contributed by atoms with E-state index in [0.717, 1.165) is 0 Å². The van der Waals surface area contributed by atoms with Crippen LogP contribution < -0.4 is 0 Å². The summed E-state index contributed by atoms with van der Waals surface area (Å²) >= 11 is 0. The molecule has 3 aliphatic carbocycles. The lowest BCUT2D eigenvalue weighted by Crippen LogP contribution is -2.56. The van der Waals surface area contributed by atoms with Crippen molar-refractivity contribution in [3.63, 3.8) is 0 Å². The van der Waals surface area contributed by atoms with Crippen molar-refractivity contribution in [3.8, 4) is 0 Å². The molecule has 4 fully saturated rings. The third-order valence-electron chi connectivity index (χ3n) is 10.7. The minimum absolute atomic E-state index is 0.000364. The molecule has 3 saturated carbocycles. The summed E-state index contributed by atoms with van der Waals surface area (Å²) in [5.41, 5.74) is -3.86. The van der Waals surface area contributed by atoms with Crippen LogP contribution in [0.4, 0.5) is 0 Å². The summed E-state index contributed by atoms with van der Waals surface area (Å²) in [5.74, 6) is 1.37. The van der Waals surface area contributed by atoms with Crippen molar-refractivity contribution < 1.29 is 38.4 Å². The Morgan fingerprint density at radius 2 is 1.54 bits per heavy atom. The van der Waals surface area contributed by atoms with Crippen molar-refractivity contribution in [2.45, 2.75) is 85.2 Å². The third kappa shape index (κ3) is 6.19. The average molecular weight is 573 g/mol. The van der Waals surface area contributed by atoms with E-state index >= 15 is 0 Å². The van der Waals surface area contributed by atoms with Crippen LogP contribution in [0.15, 0.2) is 30.3 Å². The van der Waals surface area contributed by atoms with Gasteiger partial charge in [0, 0.05) is 5.92 Å². The number of fused-ring (bicyclic) bond motifs is 5. The molecular weight excluding hydrogens is 524 g/mol. The topological polar surface area (TPSA) is 112 Å². The quantitative estimate of drug-likeness (QED) is 0.152. The molecule has 1 saturated heterocycles. The van der Waals surface area contributed by atoms with Gasteiger partial charge in [0.25, 0.3) is 0 Å². The van der Waals surface area contributed by atoms with Crippen molar-refractivity contribution in [2.75, 3.05) is 27.1 Å². The Kier molecular flexibility index (Phi) is 9.54. The molecule has 0 amide bonds. The maximum absolute atomic E-state index is 13.5. The summed E-state index contributed by atoms with van der Waals surface area (Å²) in [4.78, 5) is 38.7. The van der Waals surface area contributed by atoms with Crippen molar-refractivity contribution in [2.24, 2.45) is 39.9 Å². The average Bonchev–Trinajstić information content (AvgIpc) is 3.30. The fraction of sp³-hybridized carbons (Fsp3) is 0.727. The molecule has 1 aromatic rings. The Hall–Kier alpha value is -2.45. The molecular formula is C33H48O8. The van der Waals surface area contributed by atoms with E-state index in [1.165, 1.54) is 44.6 Å². The van der Waals surface area contributed by atoms with Gasteiger partial charge < -0.3 is 24.1 Å². The molecule has 2 bridgehead atoms. The number of aliphatic carboxylic acids is 1. The SMILES string of the molecule is C1CC2C3CCC(C3)C2C1.COC(=O)C(C)(C)C(C)(C(=O)OCOCC1CO1)C(c1ccccc1)C(C)(C)C(=O)O. The maximum Gasteiger partial charge on any atom is 0.315 e. The van der Waals surface area contributed by atoms with Gasteiger partial charge >= 0.3 is 17.9 Å². The number of hydrogen-bond donors (Lipinski definition) is 1. The minimum atomic E-state index is -1.61. The first kappa shape index (κ1) is 31.5. The first-order valence-electron chi connectivity index (χ1n) is 15.1. The van der Waals surface area contributed by atoms with E-state index in [-0.39, 0.29) is 19.5 Å². The first-order valence-corrected chi connectivity index (χ1v) is 15.1. The lowest BCUT2D eigenvalue weighted by atomic mass is 9.52. The summed E-state index contributed by atoms with van der Waals surface area (Å²) < 4.78 is 20.8. The van der Waals surface area contributed by atoms with Crippen LogP contribution in [-0.2, 0) is 33.3 Å². The smallest absolute Gasteiger partial charge is 0.315 e. The number of epoxide rings is 1. The van der Waals surface area contributed by atoms with E-state index in [1.54, 1.807) is 89.6 Å². The van der Waals surface area contributed by atoms with E-state index in [4.69, 9.17) is 18.9 Å². The number of carboxylic acids is 1. The third-order valence-corrected chi connectivity index (χ3v) is 10.7. The van der Waals surface area contributed by atoms with E-state index in [0.29, 0.717) is 12.2 Å². The molecule has 8 nitrogen and oxygen atoms in total. The Morgan fingerprint density at radius 3 is 2.05 bits per heavy atom. The van der Waals surface area contributed by atoms with E-state index in [2.05, 4.69) is 0 Å². The van der Waals surface area contributed by atoms with Gasteiger partial charge in [0.15, 0.2) is 6.79 Å². The van der Waals surface area contributed by atoms with Gasteiger partial charge in [-0.2, -0.15) is 0 Å². The van der Waals surface area contributed by atoms with Crippen molar-refractivity contribution in [1.29, 1.82) is 0 Å². The van der Waals surface area contributed by atoms with Crippen LogP contribution in [0.2, 0.25) is 0 Å². The van der Waals surface area contributed by atoms with Crippen LogP contribution in [0.1, 0.15) is 84.6 Å². The zero-order chi connectivity index (χ0) is 30.0. The van der Waals surface area contributed by atoms with Gasteiger partial charge in [0.2, 0.25) is 0 Å². The van der Waals surface area contributed by atoms with Crippen LogP contribution in [-0.4, -0.2) is 56.2 Å². The number of methoxy groups -OCH3 is 1. The molecule has 41 heavy (non-hydrogen) atoms. The van der Waals surface area contributed by atoms with Gasteiger partial charge in [-0.3, -0.25) is 14.4 Å². The fourth-order valence-corrected chi connectivity index (χ4v) is 8.05. The van der Waals surface area contributed by atoms with Gasteiger partial charge in [-0.15, -0.1) is 0 Å². The Bertz CT molecular complexity index is 1060. The number of ether oxygens (including phenoxy) is 4. The summed E-state index contributed by atoms with van der Waals surface area (Å²) in [6.45, 7) is 8.30. The lowest BCUT2D eigenvalue weighted by molar-refractivity contribution is -0.191. The summed E-state index contributed by atoms with van der Waals surface area (Å²) in [6, 6.07) is 8.80. The lowest BCUT2D eigenvalue weighted by Gasteiger charge is -2.49. The van der Waals surface area contributed by atoms with E-state index < -0.39 is 40.1 Å². The highest BCUT2D eigenvalue weighted by Gasteiger charge is 2.63. The molecule has 1 N–H and O–H groups in total. The number of esters is 2. The van der Waals surface area contributed by atoms with Gasteiger partial charge in [-0.1, -0.05) is 36.8 Å². The predicted octanol–water partition coefficient (Wildman–Crippen LogP) is 5.84. The van der Waals surface area contributed by atoms with Crippen LogP contribution >= 0.6 is 0 Å². The molecule has 7 atom stereocenters. The van der Waals surface area contributed by atoms with Gasteiger partial charge in [-0.05, 0) is 96.0 Å². The zero-order valence-corrected chi connectivity index (χ0v) is 25.5. The summed E-state index contributed by atoms with van der Waals surface area (Å²) in [6.07, 6.45) is 9.53. The second-order valence-electron chi connectivity index (χ2n) is 13.7.